The lowest BCUT2D eigenvalue weighted by Crippen LogP contribution is -2.21. The molecule has 0 amide bonds. The summed E-state index contributed by atoms with van der Waals surface area (Å²) in [5.41, 5.74) is -0.225. The van der Waals surface area contributed by atoms with E-state index < -0.39 is 17.6 Å². The highest BCUT2D eigenvalue weighted by molar-refractivity contribution is 5.58. The summed E-state index contributed by atoms with van der Waals surface area (Å²) in [5.74, 6) is 0.498. The molecule has 0 saturated carbocycles. The molecule has 8 heteroatoms. The molecule has 0 bridgehead atoms. The molecule has 1 aromatic carbocycles. The van der Waals surface area contributed by atoms with Gasteiger partial charge in [-0.25, -0.2) is 4.98 Å². The summed E-state index contributed by atoms with van der Waals surface area (Å²) in [6, 6.07) is 7.27. The van der Waals surface area contributed by atoms with E-state index >= 15 is 0 Å². The number of nitrogens with zero attached hydrogens (tertiary/aromatic N) is 3. The topological polar surface area (TPSA) is 47.5 Å². The normalized spacial score (nSPS) is 11.6. The maximum Gasteiger partial charge on any atom is 0.423 e. The van der Waals surface area contributed by atoms with Gasteiger partial charge in [-0.15, -0.1) is 0 Å². The van der Waals surface area contributed by atoms with Crippen LogP contribution in [0.15, 0.2) is 30.5 Å². The van der Waals surface area contributed by atoms with E-state index in [9.17, 15) is 13.2 Å². The highest BCUT2D eigenvalue weighted by atomic mass is 19.4. The van der Waals surface area contributed by atoms with Crippen LogP contribution in [0.5, 0.6) is 11.6 Å². The molecule has 0 fully saturated rings. The van der Waals surface area contributed by atoms with Gasteiger partial charge in [0.25, 0.3) is 0 Å². The van der Waals surface area contributed by atoms with Crippen molar-refractivity contribution in [3.8, 4) is 11.6 Å². The fourth-order valence-corrected chi connectivity index (χ4v) is 2.42. The minimum atomic E-state index is -4.58. The Morgan fingerprint density at radius 3 is 2.29 bits per heavy atom. The third-order valence-corrected chi connectivity index (χ3v) is 3.78. The van der Waals surface area contributed by atoms with Crippen LogP contribution in [0.25, 0.3) is 0 Å². The molecule has 154 valence electrons. The first-order valence-electron chi connectivity index (χ1n) is 9.33. The second-order valence-corrected chi connectivity index (χ2v) is 6.68. The zero-order valence-corrected chi connectivity index (χ0v) is 16.6. The van der Waals surface area contributed by atoms with Gasteiger partial charge in [-0.2, -0.15) is 18.2 Å². The molecular weight excluding hydrogens is 371 g/mol. The SMILES string of the molecule is CCCOc1ccc(N(CC)c2ncc(C(F)(F)F)c(OCC(C)C)n2)cc1. The maximum atomic E-state index is 13.3. The highest BCUT2D eigenvalue weighted by Gasteiger charge is 2.36. The second-order valence-electron chi connectivity index (χ2n) is 6.68. The van der Waals surface area contributed by atoms with E-state index in [1.54, 1.807) is 4.90 Å². The number of anilines is 2. The van der Waals surface area contributed by atoms with Gasteiger partial charge in [0.2, 0.25) is 11.8 Å². The van der Waals surface area contributed by atoms with E-state index in [2.05, 4.69) is 9.97 Å². The van der Waals surface area contributed by atoms with Gasteiger partial charge in [0.15, 0.2) is 0 Å². The van der Waals surface area contributed by atoms with Crippen molar-refractivity contribution in [3.05, 3.63) is 36.0 Å². The van der Waals surface area contributed by atoms with Gasteiger partial charge in [-0.3, -0.25) is 0 Å². The molecule has 0 unspecified atom stereocenters. The highest BCUT2D eigenvalue weighted by Crippen LogP contribution is 2.36. The number of ether oxygens (including phenoxy) is 2. The van der Waals surface area contributed by atoms with Crippen molar-refractivity contribution in [2.75, 3.05) is 24.7 Å². The summed E-state index contributed by atoms with van der Waals surface area (Å²) in [6.45, 7) is 8.84. The molecule has 0 radical (unpaired) electrons. The number of aromatic nitrogens is 2. The Balaban J connectivity index is 2.33. The maximum absolute atomic E-state index is 13.3. The Bertz CT molecular complexity index is 749. The van der Waals surface area contributed by atoms with Crippen LogP contribution in [0, 0.1) is 5.92 Å². The average molecular weight is 397 g/mol. The van der Waals surface area contributed by atoms with Crippen LogP contribution in [-0.2, 0) is 6.18 Å². The van der Waals surface area contributed by atoms with Gasteiger partial charge in [0.1, 0.15) is 11.3 Å². The van der Waals surface area contributed by atoms with Gasteiger partial charge in [0.05, 0.1) is 13.2 Å². The lowest BCUT2D eigenvalue weighted by Gasteiger charge is -2.23. The van der Waals surface area contributed by atoms with Crippen LogP contribution < -0.4 is 14.4 Å². The number of hydrogen-bond acceptors (Lipinski definition) is 5. The van der Waals surface area contributed by atoms with Crippen molar-refractivity contribution in [2.45, 2.75) is 40.3 Å². The van der Waals surface area contributed by atoms with Gasteiger partial charge < -0.3 is 14.4 Å². The Morgan fingerprint density at radius 1 is 1.07 bits per heavy atom. The Morgan fingerprint density at radius 2 is 1.75 bits per heavy atom. The van der Waals surface area contributed by atoms with E-state index in [-0.39, 0.29) is 18.5 Å². The first-order chi connectivity index (χ1) is 13.3. The predicted molar refractivity (Wildman–Crippen MR) is 102 cm³/mol. The van der Waals surface area contributed by atoms with Crippen molar-refractivity contribution in [3.63, 3.8) is 0 Å². The quantitative estimate of drug-likeness (QED) is 0.561. The fourth-order valence-electron chi connectivity index (χ4n) is 2.42. The van der Waals surface area contributed by atoms with Gasteiger partial charge in [-0.1, -0.05) is 20.8 Å². The van der Waals surface area contributed by atoms with Crippen LogP contribution in [0.3, 0.4) is 0 Å². The summed E-state index contributed by atoms with van der Waals surface area (Å²) in [7, 11) is 0. The lowest BCUT2D eigenvalue weighted by molar-refractivity contribution is -0.139. The Kier molecular flexibility index (Phi) is 7.48. The standard InChI is InChI=1S/C20H26F3N3O2/c1-5-11-27-16-9-7-15(8-10-16)26(6-2)19-24-12-17(20(21,22)23)18(25-19)28-13-14(3)4/h7-10,12,14H,5-6,11,13H2,1-4H3. The molecule has 0 aliphatic rings. The first-order valence-corrected chi connectivity index (χ1v) is 9.33. The van der Waals surface area contributed by atoms with Gasteiger partial charge >= 0.3 is 6.18 Å². The summed E-state index contributed by atoms with van der Waals surface area (Å²) in [5, 5.41) is 0. The molecule has 5 nitrogen and oxygen atoms in total. The molecule has 28 heavy (non-hydrogen) atoms. The molecule has 0 aliphatic carbocycles. The molecule has 2 rings (SSSR count). The van der Waals surface area contributed by atoms with Crippen LogP contribution in [-0.4, -0.2) is 29.7 Å². The molecule has 1 aromatic heterocycles. The number of halogens is 3. The van der Waals surface area contributed by atoms with Gasteiger partial charge in [-0.05, 0) is 43.5 Å². The second kappa shape index (κ2) is 9.61. The predicted octanol–water partition coefficient (Wildman–Crippen LogP) is 5.48. The van der Waals surface area contributed by atoms with Crippen molar-refractivity contribution >= 4 is 11.6 Å². The van der Waals surface area contributed by atoms with E-state index in [0.717, 1.165) is 24.1 Å². The Labute approximate surface area is 163 Å². The molecule has 0 spiro atoms. The molecule has 0 N–H and O–H groups in total. The average Bonchev–Trinajstić information content (AvgIpc) is 2.65. The van der Waals surface area contributed by atoms with Crippen molar-refractivity contribution in [1.29, 1.82) is 0 Å². The largest absolute Gasteiger partial charge is 0.494 e. The third-order valence-electron chi connectivity index (χ3n) is 3.78. The zero-order chi connectivity index (χ0) is 20.7. The minimum Gasteiger partial charge on any atom is -0.494 e. The lowest BCUT2D eigenvalue weighted by atomic mass is 10.2. The van der Waals surface area contributed by atoms with E-state index in [1.807, 2.05) is 52.0 Å². The summed E-state index contributed by atoms with van der Waals surface area (Å²) >= 11 is 0. The number of hydrogen-bond donors (Lipinski definition) is 0. The van der Waals surface area contributed by atoms with E-state index in [4.69, 9.17) is 9.47 Å². The number of alkyl halides is 3. The summed E-state index contributed by atoms with van der Waals surface area (Å²) in [6.07, 6.45) is -2.90. The van der Waals surface area contributed by atoms with E-state index in [1.165, 1.54) is 0 Å². The molecule has 0 aliphatic heterocycles. The van der Waals surface area contributed by atoms with Crippen LogP contribution >= 0.6 is 0 Å². The minimum absolute atomic E-state index is 0.0671. The summed E-state index contributed by atoms with van der Waals surface area (Å²) in [4.78, 5) is 9.72. The summed E-state index contributed by atoms with van der Waals surface area (Å²) < 4.78 is 50.7. The molecule has 2 aromatic rings. The van der Waals surface area contributed by atoms with E-state index in [0.29, 0.717) is 13.2 Å². The van der Waals surface area contributed by atoms with Crippen LogP contribution in [0.1, 0.15) is 39.7 Å². The van der Waals surface area contributed by atoms with Crippen molar-refractivity contribution < 1.29 is 22.6 Å². The van der Waals surface area contributed by atoms with Crippen LogP contribution in [0.2, 0.25) is 0 Å². The number of benzene rings is 1. The third kappa shape index (κ3) is 5.74. The molecule has 0 saturated heterocycles. The number of rotatable bonds is 9. The van der Waals surface area contributed by atoms with Crippen molar-refractivity contribution in [1.82, 2.24) is 9.97 Å². The molecular formula is C20H26F3N3O2. The smallest absolute Gasteiger partial charge is 0.423 e. The van der Waals surface area contributed by atoms with Crippen LogP contribution in [0.4, 0.5) is 24.8 Å². The monoisotopic (exact) mass is 397 g/mol. The van der Waals surface area contributed by atoms with Crippen molar-refractivity contribution in [2.24, 2.45) is 5.92 Å². The Hall–Kier alpha value is -2.51. The molecule has 1 heterocycles. The fraction of sp³-hybridized carbons (Fsp3) is 0.500. The zero-order valence-electron chi connectivity index (χ0n) is 16.6. The molecule has 0 atom stereocenters. The van der Waals surface area contributed by atoms with Gasteiger partial charge in [0, 0.05) is 18.4 Å². The first kappa shape index (κ1) is 21.8.